The van der Waals surface area contributed by atoms with Crippen molar-refractivity contribution in [3.05, 3.63) is 51.4 Å². The van der Waals surface area contributed by atoms with Crippen molar-refractivity contribution in [3.63, 3.8) is 0 Å². The molecule has 0 saturated carbocycles. The van der Waals surface area contributed by atoms with Crippen molar-refractivity contribution >= 4 is 0 Å². The van der Waals surface area contributed by atoms with Gasteiger partial charge in [-0.05, 0) is 12.1 Å². The van der Waals surface area contributed by atoms with Crippen molar-refractivity contribution in [2.45, 2.75) is 6.73 Å². The molecule has 0 unspecified atom stereocenters. The van der Waals surface area contributed by atoms with Gasteiger partial charge >= 0.3 is 11.4 Å². The lowest BCUT2D eigenvalue weighted by atomic mass is 10.3. The minimum absolute atomic E-state index is 0.437. The fraction of sp³-hybridized carbons (Fsp3) is 0.111. The maximum atomic E-state index is 11.5. The molecule has 0 spiro atoms. The van der Waals surface area contributed by atoms with E-state index in [4.69, 9.17) is 5.11 Å². The zero-order valence-corrected chi connectivity index (χ0v) is 7.66. The first-order valence-corrected chi connectivity index (χ1v) is 4.23. The van der Waals surface area contributed by atoms with E-state index in [1.807, 2.05) is 0 Å². The van der Waals surface area contributed by atoms with Gasteiger partial charge in [-0.25, -0.2) is 14.2 Å². The first-order valence-electron chi connectivity index (χ1n) is 4.23. The maximum absolute atomic E-state index is 11.5. The summed E-state index contributed by atoms with van der Waals surface area (Å²) in [5.41, 5.74) is -0.263. The molecule has 0 aliphatic rings. The molecule has 6 heteroatoms. The fourth-order valence-electron chi connectivity index (χ4n) is 1.20. The van der Waals surface area contributed by atoms with Gasteiger partial charge in [0.2, 0.25) is 0 Å². The van der Waals surface area contributed by atoms with Crippen LogP contribution in [-0.2, 0) is 6.73 Å². The molecule has 2 rings (SSSR count). The molecule has 6 nitrogen and oxygen atoms in total. The summed E-state index contributed by atoms with van der Waals surface area (Å²) in [4.78, 5) is 22.6. The third-order valence-corrected chi connectivity index (χ3v) is 1.93. The van der Waals surface area contributed by atoms with E-state index in [0.717, 1.165) is 4.74 Å². The Labute approximate surface area is 83.6 Å². The number of aromatic nitrogens is 2. The smallest absolute Gasteiger partial charge is 0.376 e. The lowest BCUT2D eigenvalue weighted by Crippen LogP contribution is -2.28. The van der Waals surface area contributed by atoms with Crippen LogP contribution in [0.5, 0.6) is 0 Å². The summed E-state index contributed by atoms with van der Waals surface area (Å²) in [6, 6.07) is 8.42. The van der Waals surface area contributed by atoms with Gasteiger partial charge in [0.25, 0.3) is 0 Å². The highest BCUT2D eigenvalue weighted by Crippen LogP contribution is 2.01. The van der Waals surface area contributed by atoms with E-state index in [9.17, 15) is 9.59 Å². The molecule has 78 valence electrons. The van der Waals surface area contributed by atoms with Crippen molar-refractivity contribution in [2.75, 3.05) is 0 Å². The highest BCUT2D eigenvalue weighted by Gasteiger charge is 2.11. The van der Waals surface area contributed by atoms with E-state index in [1.54, 1.807) is 30.3 Å². The van der Waals surface area contributed by atoms with Gasteiger partial charge in [-0.1, -0.05) is 18.2 Å². The Morgan fingerprint density at radius 3 is 2.40 bits per heavy atom. The van der Waals surface area contributed by atoms with Crippen LogP contribution in [0.1, 0.15) is 0 Å². The number of para-hydroxylation sites is 1. The van der Waals surface area contributed by atoms with E-state index < -0.39 is 18.2 Å². The van der Waals surface area contributed by atoms with Crippen molar-refractivity contribution in [3.8, 4) is 5.69 Å². The van der Waals surface area contributed by atoms with Gasteiger partial charge in [0.15, 0.2) is 0 Å². The zero-order valence-electron chi connectivity index (χ0n) is 7.66. The molecule has 0 fully saturated rings. The Bertz CT molecular complexity index is 564. The van der Waals surface area contributed by atoms with E-state index in [-0.39, 0.29) is 0 Å². The fourth-order valence-corrected chi connectivity index (χ4v) is 1.20. The number of rotatable bonds is 2. The van der Waals surface area contributed by atoms with E-state index >= 15 is 0 Å². The van der Waals surface area contributed by atoms with Crippen molar-refractivity contribution in [2.24, 2.45) is 0 Å². The molecule has 0 amide bonds. The number of nitrogens with zero attached hydrogens (tertiary/aromatic N) is 2. The minimum atomic E-state index is -0.883. The van der Waals surface area contributed by atoms with Crippen molar-refractivity contribution in [1.29, 1.82) is 0 Å². The molecule has 1 aromatic heterocycles. The van der Waals surface area contributed by atoms with Gasteiger partial charge in [0.1, 0.15) is 6.73 Å². The number of hydrogen-bond acceptors (Lipinski definition) is 4. The normalized spacial score (nSPS) is 10.5. The van der Waals surface area contributed by atoms with Crippen LogP contribution in [0.15, 0.2) is 44.4 Å². The zero-order chi connectivity index (χ0) is 10.8. The van der Waals surface area contributed by atoms with Crippen LogP contribution in [-0.4, -0.2) is 14.4 Å². The average Bonchev–Trinajstić information content (AvgIpc) is 2.55. The van der Waals surface area contributed by atoms with Gasteiger partial charge in [0.05, 0.1) is 5.69 Å². The molecule has 1 aromatic carbocycles. The van der Waals surface area contributed by atoms with Gasteiger partial charge in [0, 0.05) is 0 Å². The van der Waals surface area contributed by atoms with Gasteiger partial charge in [-0.15, -0.1) is 4.74 Å². The summed E-state index contributed by atoms with van der Waals surface area (Å²) in [7, 11) is 0. The van der Waals surface area contributed by atoms with Crippen LogP contribution in [0.25, 0.3) is 5.69 Å². The summed E-state index contributed by atoms with van der Waals surface area (Å²) in [6.07, 6.45) is 0. The standard InChI is InChI=1S/C9H8N2O4/c12-6-10-8(13)11(15-9(10)14)7-4-2-1-3-5-7/h1-5,12H,6H2. The second-order valence-corrected chi connectivity index (χ2v) is 2.84. The SMILES string of the molecule is O=c1on(-c2ccccc2)c(=O)n1CO. The topological polar surface area (TPSA) is 77.4 Å². The lowest BCUT2D eigenvalue weighted by molar-refractivity contribution is 0.196. The van der Waals surface area contributed by atoms with Crippen LogP contribution in [0, 0.1) is 0 Å². The molecule has 2 aromatic rings. The lowest BCUT2D eigenvalue weighted by Gasteiger charge is -1.95. The summed E-state index contributed by atoms with van der Waals surface area (Å²) in [5, 5.41) is 8.75. The summed E-state index contributed by atoms with van der Waals surface area (Å²) in [6.45, 7) is -0.693. The van der Waals surface area contributed by atoms with E-state index in [0.29, 0.717) is 10.3 Å². The van der Waals surface area contributed by atoms with Gasteiger partial charge in [-0.3, -0.25) is 0 Å². The van der Waals surface area contributed by atoms with Crippen LogP contribution in [0.4, 0.5) is 0 Å². The second-order valence-electron chi connectivity index (χ2n) is 2.84. The molecule has 0 aliphatic heterocycles. The molecule has 0 radical (unpaired) electrons. The molecular weight excluding hydrogens is 200 g/mol. The molecule has 0 atom stereocenters. The number of benzene rings is 1. The van der Waals surface area contributed by atoms with Crippen LogP contribution in [0.2, 0.25) is 0 Å². The maximum Gasteiger partial charge on any atom is 0.445 e. The average molecular weight is 208 g/mol. The minimum Gasteiger partial charge on any atom is -0.376 e. The third kappa shape index (κ3) is 1.50. The van der Waals surface area contributed by atoms with Gasteiger partial charge < -0.3 is 9.63 Å². The molecule has 1 N–H and O–H groups in total. The highest BCUT2D eigenvalue weighted by molar-refractivity contribution is 5.28. The van der Waals surface area contributed by atoms with Crippen LogP contribution >= 0.6 is 0 Å². The largest absolute Gasteiger partial charge is 0.445 e. The quantitative estimate of drug-likeness (QED) is 0.724. The number of aliphatic hydroxyl groups excluding tert-OH is 1. The van der Waals surface area contributed by atoms with Gasteiger partial charge in [-0.2, -0.15) is 0 Å². The summed E-state index contributed by atoms with van der Waals surface area (Å²) >= 11 is 0. The Kier molecular flexibility index (Phi) is 2.26. The molecular formula is C9H8N2O4. The molecule has 15 heavy (non-hydrogen) atoms. The number of aliphatic hydroxyl groups is 1. The Morgan fingerprint density at radius 1 is 1.20 bits per heavy atom. The molecule has 0 bridgehead atoms. The predicted octanol–water partition coefficient (Wildman–Crippen LogP) is -0.458. The Balaban J connectivity index is 2.66. The first kappa shape index (κ1) is 9.47. The predicted molar refractivity (Wildman–Crippen MR) is 50.8 cm³/mol. The van der Waals surface area contributed by atoms with Crippen LogP contribution < -0.4 is 11.4 Å². The molecule has 0 aliphatic carbocycles. The van der Waals surface area contributed by atoms with E-state index in [2.05, 4.69) is 4.52 Å². The van der Waals surface area contributed by atoms with Crippen molar-refractivity contribution in [1.82, 2.24) is 9.31 Å². The number of hydrogen-bond donors (Lipinski definition) is 1. The van der Waals surface area contributed by atoms with E-state index in [1.165, 1.54) is 0 Å². The van der Waals surface area contributed by atoms with Crippen LogP contribution in [0.3, 0.4) is 0 Å². The van der Waals surface area contributed by atoms with Crippen molar-refractivity contribution < 1.29 is 9.63 Å². The Hall–Kier alpha value is -2.08. The second kappa shape index (κ2) is 3.58. The molecule has 1 heterocycles. The Morgan fingerprint density at radius 2 is 1.87 bits per heavy atom. The first-order chi connectivity index (χ1) is 7.24. The highest BCUT2D eigenvalue weighted by atomic mass is 16.5. The molecule has 0 saturated heterocycles. The monoisotopic (exact) mass is 208 g/mol. The third-order valence-electron chi connectivity index (χ3n) is 1.93. The summed E-state index contributed by atoms with van der Waals surface area (Å²) in [5.74, 6) is -0.883. The summed E-state index contributed by atoms with van der Waals surface area (Å²) < 4.78 is 6.10.